The van der Waals surface area contributed by atoms with E-state index in [1.165, 1.54) is 7.11 Å². The second-order valence-electron chi connectivity index (χ2n) is 7.46. The van der Waals surface area contributed by atoms with E-state index in [1.54, 1.807) is 48.2 Å². The van der Waals surface area contributed by atoms with Crippen LogP contribution >= 0.6 is 23.4 Å². The molecule has 1 atom stereocenters. The minimum absolute atomic E-state index is 0.0807. The van der Waals surface area contributed by atoms with E-state index in [4.69, 9.17) is 11.6 Å². The molecule has 1 N–H and O–H groups in total. The van der Waals surface area contributed by atoms with Crippen LogP contribution in [0, 0.1) is 0 Å². The number of esters is 1. The average Bonchev–Trinajstić information content (AvgIpc) is 3.20. The molecular weight excluding hydrogens is 460 g/mol. The van der Waals surface area contributed by atoms with Gasteiger partial charge in [-0.25, -0.2) is 4.79 Å². The smallest absolute Gasteiger partial charge is 0.337 e. The van der Waals surface area contributed by atoms with Gasteiger partial charge in [-0.1, -0.05) is 35.9 Å². The van der Waals surface area contributed by atoms with Gasteiger partial charge in [-0.05, 0) is 59.7 Å². The van der Waals surface area contributed by atoms with Crippen molar-refractivity contribution in [2.45, 2.75) is 11.9 Å². The van der Waals surface area contributed by atoms with E-state index in [9.17, 15) is 14.4 Å². The quantitative estimate of drug-likeness (QED) is 0.493. The Labute approximate surface area is 200 Å². The number of methoxy groups -OCH3 is 1. The number of hydrogen-bond acceptors (Lipinski definition) is 5. The Balaban J connectivity index is 1.43. The van der Waals surface area contributed by atoms with E-state index in [-0.39, 0.29) is 17.2 Å². The van der Waals surface area contributed by atoms with Gasteiger partial charge in [0, 0.05) is 22.8 Å². The van der Waals surface area contributed by atoms with Crippen molar-refractivity contribution in [2.24, 2.45) is 0 Å². The van der Waals surface area contributed by atoms with Crippen molar-refractivity contribution in [1.82, 2.24) is 4.90 Å². The maximum atomic E-state index is 12.6. The molecule has 8 heteroatoms. The third kappa shape index (κ3) is 5.38. The first-order valence-electron chi connectivity index (χ1n) is 10.2. The number of nitrogens with one attached hydrogen (secondary N) is 1. The molecule has 1 fully saturated rings. The maximum Gasteiger partial charge on any atom is 0.337 e. The fourth-order valence-corrected chi connectivity index (χ4v) is 4.81. The summed E-state index contributed by atoms with van der Waals surface area (Å²) < 4.78 is 4.67. The molecular formula is C25H21ClN2O4S. The molecule has 1 heterocycles. The van der Waals surface area contributed by atoms with Gasteiger partial charge in [0.25, 0.3) is 5.91 Å². The van der Waals surface area contributed by atoms with E-state index < -0.39 is 5.97 Å². The molecule has 0 spiro atoms. The van der Waals surface area contributed by atoms with Gasteiger partial charge in [-0.2, -0.15) is 0 Å². The highest BCUT2D eigenvalue weighted by molar-refractivity contribution is 8.00. The zero-order valence-electron chi connectivity index (χ0n) is 17.8. The summed E-state index contributed by atoms with van der Waals surface area (Å²) in [5, 5.41) is 3.36. The Bertz CT molecular complexity index is 1160. The van der Waals surface area contributed by atoms with Crippen molar-refractivity contribution in [3.63, 3.8) is 0 Å². The molecule has 1 saturated heterocycles. The van der Waals surface area contributed by atoms with E-state index in [2.05, 4.69) is 10.1 Å². The number of nitrogens with zero attached hydrogens (tertiary/aromatic N) is 1. The predicted molar refractivity (Wildman–Crippen MR) is 129 cm³/mol. The number of anilines is 1. The third-order valence-corrected chi connectivity index (χ3v) is 6.76. The number of amides is 2. The maximum absolute atomic E-state index is 12.6. The number of carbonyl (C=O) groups excluding carboxylic acids is 3. The highest BCUT2D eigenvalue weighted by Crippen LogP contribution is 2.39. The van der Waals surface area contributed by atoms with Gasteiger partial charge in [0.15, 0.2) is 0 Å². The standard InChI is InChI=1S/C25H21ClN2O4S/c1-32-25(31)19-8-12-21(13-9-19)27-23(30)17-4-6-18(7-5-17)24-28(22(29)15-33-24)14-16-2-10-20(26)11-3-16/h2-13,24H,14-15H2,1H3,(H,27,30)/t24-/m1/s1. The molecule has 1 aliphatic heterocycles. The molecule has 0 saturated carbocycles. The summed E-state index contributed by atoms with van der Waals surface area (Å²) in [7, 11) is 1.32. The average molecular weight is 481 g/mol. The van der Waals surface area contributed by atoms with Gasteiger partial charge < -0.3 is 15.0 Å². The van der Waals surface area contributed by atoms with Crippen LogP contribution in [-0.2, 0) is 16.1 Å². The zero-order valence-corrected chi connectivity index (χ0v) is 19.4. The monoisotopic (exact) mass is 480 g/mol. The van der Waals surface area contributed by atoms with Crippen molar-refractivity contribution >= 4 is 46.8 Å². The summed E-state index contributed by atoms with van der Waals surface area (Å²) in [5.74, 6) is -0.197. The van der Waals surface area contributed by atoms with Crippen LogP contribution < -0.4 is 5.32 Å². The summed E-state index contributed by atoms with van der Waals surface area (Å²) >= 11 is 7.53. The molecule has 0 aliphatic carbocycles. The van der Waals surface area contributed by atoms with Crippen LogP contribution in [0.15, 0.2) is 72.8 Å². The van der Waals surface area contributed by atoms with Gasteiger partial charge in [-0.3, -0.25) is 9.59 Å². The zero-order chi connectivity index (χ0) is 23.4. The van der Waals surface area contributed by atoms with Crippen LogP contribution in [0.5, 0.6) is 0 Å². The number of benzene rings is 3. The predicted octanol–water partition coefficient (Wildman–Crippen LogP) is 5.15. The first-order valence-corrected chi connectivity index (χ1v) is 11.6. The second-order valence-corrected chi connectivity index (χ2v) is 8.96. The van der Waals surface area contributed by atoms with Crippen LogP contribution in [0.3, 0.4) is 0 Å². The molecule has 6 nitrogen and oxygen atoms in total. The van der Waals surface area contributed by atoms with Crippen LogP contribution in [0.1, 0.15) is 37.2 Å². The molecule has 0 unspecified atom stereocenters. The number of hydrogen-bond donors (Lipinski definition) is 1. The Hall–Kier alpha value is -3.29. The van der Waals surface area contributed by atoms with Gasteiger partial charge in [0.1, 0.15) is 5.37 Å². The fourth-order valence-electron chi connectivity index (χ4n) is 3.50. The summed E-state index contributed by atoms with van der Waals surface area (Å²) in [4.78, 5) is 38.5. The number of halogens is 1. The summed E-state index contributed by atoms with van der Waals surface area (Å²) in [6, 6.07) is 21.2. The molecule has 3 aromatic carbocycles. The molecule has 1 aliphatic rings. The van der Waals surface area contributed by atoms with Crippen molar-refractivity contribution in [2.75, 3.05) is 18.2 Å². The first-order chi connectivity index (χ1) is 15.9. The van der Waals surface area contributed by atoms with Crippen molar-refractivity contribution in [3.8, 4) is 0 Å². The number of carbonyl (C=O) groups is 3. The van der Waals surface area contributed by atoms with Crippen molar-refractivity contribution < 1.29 is 19.1 Å². The third-order valence-electron chi connectivity index (χ3n) is 5.26. The lowest BCUT2D eigenvalue weighted by molar-refractivity contribution is -0.128. The molecule has 4 rings (SSSR count). The molecule has 2 amide bonds. The lowest BCUT2D eigenvalue weighted by Gasteiger charge is -2.24. The minimum atomic E-state index is -0.433. The molecule has 0 radical (unpaired) electrons. The molecule has 3 aromatic rings. The van der Waals surface area contributed by atoms with Gasteiger partial charge >= 0.3 is 5.97 Å². The number of ether oxygens (including phenoxy) is 1. The molecule has 168 valence electrons. The van der Waals surface area contributed by atoms with E-state index >= 15 is 0 Å². The molecule has 33 heavy (non-hydrogen) atoms. The van der Waals surface area contributed by atoms with Gasteiger partial charge in [0.05, 0.1) is 18.4 Å². The van der Waals surface area contributed by atoms with Gasteiger partial charge in [0.2, 0.25) is 5.91 Å². The van der Waals surface area contributed by atoms with E-state index in [1.807, 2.05) is 41.3 Å². The topological polar surface area (TPSA) is 75.7 Å². The van der Waals surface area contributed by atoms with Gasteiger partial charge in [-0.15, -0.1) is 11.8 Å². The highest BCUT2D eigenvalue weighted by Gasteiger charge is 2.32. The Morgan fingerprint density at radius 3 is 2.27 bits per heavy atom. The van der Waals surface area contributed by atoms with Crippen molar-refractivity contribution in [3.05, 3.63) is 100 Å². The molecule has 0 bridgehead atoms. The Morgan fingerprint density at radius 1 is 1.00 bits per heavy atom. The fraction of sp³-hybridized carbons (Fsp3) is 0.160. The summed E-state index contributed by atoms with van der Waals surface area (Å²) in [6.07, 6.45) is 0. The molecule has 0 aromatic heterocycles. The summed E-state index contributed by atoms with van der Waals surface area (Å²) in [5.41, 5.74) is 3.44. The Morgan fingerprint density at radius 2 is 1.64 bits per heavy atom. The van der Waals surface area contributed by atoms with Crippen LogP contribution in [0.2, 0.25) is 5.02 Å². The Kier molecular flexibility index (Phi) is 7.01. The lowest BCUT2D eigenvalue weighted by Crippen LogP contribution is -2.27. The number of thioether (sulfide) groups is 1. The minimum Gasteiger partial charge on any atom is -0.465 e. The second kappa shape index (κ2) is 10.1. The van der Waals surface area contributed by atoms with E-state index in [0.717, 1.165) is 11.1 Å². The van der Waals surface area contributed by atoms with Crippen LogP contribution in [-0.4, -0.2) is 35.5 Å². The normalized spacial score (nSPS) is 15.4. The van der Waals surface area contributed by atoms with Crippen molar-refractivity contribution in [1.29, 1.82) is 0 Å². The van der Waals surface area contributed by atoms with E-state index in [0.29, 0.717) is 34.1 Å². The highest BCUT2D eigenvalue weighted by atomic mass is 35.5. The summed E-state index contributed by atoms with van der Waals surface area (Å²) in [6.45, 7) is 0.497. The van der Waals surface area contributed by atoms with Crippen LogP contribution in [0.25, 0.3) is 0 Å². The first kappa shape index (κ1) is 22.9. The lowest BCUT2D eigenvalue weighted by atomic mass is 10.1. The largest absolute Gasteiger partial charge is 0.465 e. The van der Waals surface area contributed by atoms with Crippen LogP contribution in [0.4, 0.5) is 5.69 Å². The number of rotatable bonds is 6. The SMILES string of the molecule is COC(=O)c1ccc(NC(=O)c2ccc([C@H]3SCC(=O)N3Cc3ccc(Cl)cc3)cc2)cc1.